The van der Waals surface area contributed by atoms with Gasteiger partial charge in [0.05, 0.1) is 5.41 Å². The maximum Gasteiger partial charge on any atom is 0.223 e. The van der Waals surface area contributed by atoms with E-state index in [-0.39, 0.29) is 30.6 Å². The number of carbonyl (C=O) groups excluding carboxylic acids is 1. The van der Waals surface area contributed by atoms with Gasteiger partial charge in [0.25, 0.3) is 0 Å². The number of fused-ring (bicyclic) bond motifs is 2. The SMILES string of the molecule is CC1(CC2CC2)C2CC3(C(N)=O)CC4(c5ccccc5)CC1C4(C2)C3.Cl.[HH]. The largest absolute Gasteiger partial charge is 0.369 e. The second kappa shape index (κ2) is 4.87. The van der Waals surface area contributed by atoms with Gasteiger partial charge in [-0.2, -0.15) is 0 Å². The van der Waals surface area contributed by atoms with Gasteiger partial charge in [-0.05, 0) is 72.7 Å². The summed E-state index contributed by atoms with van der Waals surface area (Å²) in [4.78, 5) is 12.7. The second-order valence-corrected chi connectivity index (χ2v) is 10.6. The van der Waals surface area contributed by atoms with E-state index in [9.17, 15) is 4.79 Å². The van der Waals surface area contributed by atoms with Crippen molar-refractivity contribution in [3.05, 3.63) is 35.9 Å². The lowest BCUT2D eigenvalue weighted by atomic mass is 9.41. The monoisotopic (exact) mass is 373 g/mol. The summed E-state index contributed by atoms with van der Waals surface area (Å²) in [6, 6.07) is 11.1. The van der Waals surface area contributed by atoms with Gasteiger partial charge in [-0.3, -0.25) is 4.79 Å². The van der Waals surface area contributed by atoms with Crippen molar-refractivity contribution in [3.63, 3.8) is 0 Å². The highest BCUT2D eigenvalue weighted by molar-refractivity contribution is 5.85. The lowest BCUT2D eigenvalue weighted by molar-refractivity contribution is -0.130. The predicted octanol–water partition coefficient (Wildman–Crippen LogP) is 5.09. The summed E-state index contributed by atoms with van der Waals surface area (Å²) in [7, 11) is 0. The van der Waals surface area contributed by atoms with E-state index in [1.54, 1.807) is 0 Å². The van der Waals surface area contributed by atoms with E-state index < -0.39 is 0 Å². The van der Waals surface area contributed by atoms with E-state index in [4.69, 9.17) is 5.73 Å². The summed E-state index contributed by atoms with van der Waals surface area (Å²) in [5.41, 5.74) is 8.37. The number of hydrogen-bond acceptors (Lipinski definition) is 1. The molecule has 6 unspecified atom stereocenters. The molecular weight excluding hydrogens is 342 g/mol. The Morgan fingerprint density at radius 1 is 1.15 bits per heavy atom. The van der Waals surface area contributed by atoms with Crippen LogP contribution in [0.3, 0.4) is 0 Å². The minimum absolute atomic E-state index is 0. The van der Waals surface area contributed by atoms with Crippen LogP contribution in [0.4, 0.5) is 0 Å². The summed E-state index contributed by atoms with van der Waals surface area (Å²) in [5, 5.41) is 0. The number of halogens is 1. The molecule has 3 heteroatoms. The van der Waals surface area contributed by atoms with Crippen molar-refractivity contribution in [2.45, 2.75) is 63.7 Å². The highest BCUT2D eigenvalue weighted by Gasteiger charge is 2.83. The van der Waals surface area contributed by atoms with Crippen LogP contribution in [0.1, 0.15) is 65.3 Å². The fourth-order valence-corrected chi connectivity index (χ4v) is 8.68. The molecule has 5 aliphatic carbocycles. The van der Waals surface area contributed by atoms with Crippen LogP contribution >= 0.6 is 12.4 Å². The first-order valence-corrected chi connectivity index (χ1v) is 10.3. The zero-order valence-electron chi connectivity index (χ0n) is 15.7. The molecule has 0 saturated heterocycles. The molecule has 1 spiro atoms. The molecule has 6 atom stereocenters. The fraction of sp³-hybridized carbons (Fsp3) is 0.696. The number of primary amides is 1. The molecule has 5 aliphatic rings. The summed E-state index contributed by atoms with van der Waals surface area (Å²) in [6.07, 6.45) is 10.1. The highest BCUT2D eigenvalue weighted by atomic mass is 35.5. The van der Waals surface area contributed by atoms with Gasteiger partial charge in [-0.15, -0.1) is 12.4 Å². The Morgan fingerprint density at radius 2 is 1.88 bits per heavy atom. The molecule has 26 heavy (non-hydrogen) atoms. The Labute approximate surface area is 164 Å². The molecule has 3 bridgehead atoms. The van der Waals surface area contributed by atoms with Crippen molar-refractivity contribution in [2.24, 2.45) is 39.7 Å². The van der Waals surface area contributed by atoms with E-state index in [2.05, 4.69) is 37.3 Å². The number of nitrogens with two attached hydrogens (primary N) is 1. The van der Waals surface area contributed by atoms with Gasteiger partial charge in [0.2, 0.25) is 5.91 Å². The molecule has 1 aromatic carbocycles. The summed E-state index contributed by atoms with van der Waals surface area (Å²) in [5.74, 6) is 2.49. The quantitative estimate of drug-likeness (QED) is 0.784. The van der Waals surface area contributed by atoms with Crippen LogP contribution in [0.5, 0.6) is 0 Å². The van der Waals surface area contributed by atoms with Crippen LogP contribution in [-0.2, 0) is 10.2 Å². The van der Waals surface area contributed by atoms with E-state index in [0.29, 0.717) is 16.7 Å². The van der Waals surface area contributed by atoms with Gasteiger partial charge >= 0.3 is 0 Å². The predicted molar refractivity (Wildman–Crippen MR) is 107 cm³/mol. The first-order chi connectivity index (χ1) is 11.9. The summed E-state index contributed by atoms with van der Waals surface area (Å²) < 4.78 is 0. The molecule has 2 nitrogen and oxygen atoms in total. The molecule has 1 amide bonds. The number of hydrogen-bond donors (Lipinski definition) is 1. The molecule has 5 fully saturated rings. The van der Waals surface area contributed by atoms with Gasteiger partial charge in [0.15, 0.2) is 0 Å². The standard InChI is InChI=1S/C23H29NO.ClH.H2/c1-20(9-15-7-8-15)17-10-21(19(24)25)13-22(16-5-3-2-4-6-16)12-18(20)23(22,11-17)14-21;;/h2-6,15,17-18H,7-14H2,1H3,(H2,24,25);2*1H. The number of carbonyl (C=O) groups is 1. The van der Waals surface area contributed by atoms with Crippen molar-refractivity contribution in [2.75, 3.05) is 0 Å². The average molecular weight is 374 g/mol. The Balaban J connectivity index is 0.000000900. The van der Waals surface area contributed by atoms with Crippen LogP contribution in [0.25, 0.3) is 0 Å². The smallest absolute Gasteiger partial charge is 0.223 e. The van der Waals surface area contributed by atoms with Gasteiger partial charge in [-0.1, -0.05) is 50.1 Å². The topological polar surface area (TPSA) is 43.1 Å². The minimum Gasteiger partial charge on any atom is -0.369 e. The minimum atomic E-state index is -0.227. The number of amides is 1. The first kappa shape index (κ1) is 17.1. The third-order valence-electron chi connectivity index (χ3n) is 9.72. The molecule has 1 aromatic rings. The number of rotatable bonds is 4. The van der Waals surface area contributed by atoms with Crippen molar-refractivity contribution >= 4 is 18.3 Å². The molecule has 0 heterocycles. The molecule has 0 radical (unpaired) electrons. The Morgan fingerprint density at radius 3 is 2.54 bits per heavy atom. The van der Waals surface area contributed by atoms with Crippen molar-refractivity contribution < 1.29 is 6.22 Å². The Hall–Kier alpha value is -1.02. The molecular formula is C23H32ClNO. The van der Waals surface area contributed by atoms with Crippen molar-refractivity contribution in [1.29, 1.82) is 0 Å². The normalized spacial score (nSPS) is 50.0. The van der Waals surface area contributed by atoms with E-state index in [1.807, 2.05) is 0 Å². The molecule has 0 aliphatic heterocycles. The molecule has 2 N–H and O–H groups in total. The first-order valence-electron chi connectivity index (χ1n) is 10.3. The number of benzene rings is 1. The van der Waals surface area contributed by atoms with Crippen LogP contribution in [0.2, 0.25) is 0 Å². The third-order valence-corrected chi connectivity index (χ3v) is 9.72. The van der Waals surface area contributed by atoms with Crippen molar-refractivity contribution in [1.82, 2.24) is 0 Å². The van der Waals surface area contributed by atoms with E-state index >= 15 is 0 Å². The molecule has 6 rings (SSSR count). The Kier molecular flexibility index (Phi) is 3.21. The maximum absolute atomic E-state index is 12.7. The fourth-order valence-electron chi connectivity index (χ4n) is 8.68. The average Bonchev–Trinajstić information content (AvgIpc) is 3.37. The highest BCUT2D eigenvalue weighted by Crippen LogP contribution is 2.88. The zero-order chi connectivity index (χ0) is 17.1. The second-order valence-electron chi connectivity index (χ2n) is 10.6. The maximum atomic E-state index is 12.7. The van der Waals surface area contributed by atoms with Gasteiger partial charge < -0.3 is 5.73 Å². The zero-order valence-corrected chi connectivity index (χ0v) is 16.5. The van der Waals surface area contributed by atoms with E-state index in [0.717, 1.165) is 31.1 Å². The lowest BCUT2D eigenvalue weighted by Gasteiger charge is -2.62. The van der Waals surface area contributed by atoms with Crippen LogP contribution in [-0.4, -0.2) is 5.91 Å². The third kappa shape index (κ3) is 1.69. The molecule has 142 valence electrons. The van der Waals surface area contributed by atoms with E-state index in [1.165, 1.54) is 37.7 Å². The van der Waals surface area contributed by atoms with Gasteiger partial charge in [0.1, 0.15) is 0 Å². The van der Waals surface area contributed by atoms with Crippen molar-refractivity contribution in [3.8, 4) is 0 Å². The lowest BCUT2D eigenvalue weighted by Crippen LogP contribution is -2.58. The summed E-state index contributed by atoms with van der Waals surface area (Å²) >= 11 is 0. The Bertz CT molecular complexity index is 782. The molecule has 5 saturated carbocycles. The van der Waals surface area contributed by atoms with Gasteiger partial charge in [-0.25, -0.2) is 0 Å². The van der Waals surface area contributed by atoms with Crippen LogP contribution in [0.15, 0.2) is 30.3 Å². The molecule has 0 aromatic heterocycles. The van der Waals surface area contributed by atoms with Crippen LogP contribution in [0, 0.1) is 34.0 Å². The summed E-state index contributed by atoms with van der Waals surface area (Å²) in [6.45, 7) is 2.58. The van der Waals surface area contributed by atoms with Gasteiger partial charge in [0, 0.05) is 6.84 Å². The van der Waals surface area contributed by atoms with Crippen LogP contribution < -0.4 is 5.73 Å².